The van der Waals surface area contributed by atoms with Gasteiger partial charge in [0.2, 0.25) is 0 Å². The predicted molar refractivity (Wildman–Crippen MR) is 101 cm³/mol. The number of fused-ring (bicyclic) bond motifs is 1. The molecule has 3 aliphatic rings. The molecule has 6 heteroatoms. The highest BCUT2D eigenvalue weighted by molar-refractivity contribution is 7.81. The molecule has 1 fully saturated rings. The highest BCUT2D eigenvalue weighted by Gasteiger charge is 2.42. The number of pyridine rings is 1. The topological polar surface area (TPSA) is 54.5 Å². The van der Waals surface area contributed by atoms with Gasteiger partial charge in [-0.3, -0.25) is 4.98 Å². The first kappa shape index (κ1) is 17.2. The van der Waals surface area contributed by atoms with E-state index < -0.39 is 11.0 Å². The van der Waals surface area contributed by atoms with Gasteiger partial charge < -0.3 is 10.1 Å². The number of nitrogens with one attached hydrogen (secondary N) is 1. The van der Waals surface area contributed by atoms with Gasteiger partial charge in [0.05, 0.1) is 22.9 Å². The SMILES string of the molecule is CS(=O)N1CC=C(c2cc3c(cn2)O[C@](C)(C2CCNCC2)C3)CC1. The Kier molecular flexibility index (Phi) is 4.69. The monoisotopic (exact) mass is 361 g/mol. The molecule has 1 aromatic rings. The lowest BCUT2D eigenvalue weighted by atomic mass is 9.79. The number of nitrogens with zero attached hydrogens (tertiary/aromatic N) is 2. The molecule has 0 bridgehead atoms. The van der Waals surface area contributed by atoms with Gasteiger partial charge in [-0.05, 0) is 50.9 Å². The maximum absolute atomic E-state index is 11.6. The molecule has 0 spiro atoms. The van der Waals surface area contributed by atoms with Gasteiger partial charge in [0.15, 0.2) is 0 Å². The van der Waals surface area contributed by atoms with Crippen LogP contribution in [-0.2, 0) is 17.4 Å². The molecule has 1 unspecified atom stereocenters. The molecule has 0 radical (unpaired) electrons. The summed E-state index contributed by atoms with van der Waals surface area (Å²) in [6.07, 6.45) is 10.0. The Bertz CT molecular complexity index is 715. The van der Waals surface area contributed by atoms with Crippen molar-refractivity contribution >= 4 is 16.6 Å². The van der Waals surface area contributed by atoms with Gasteiger partial charge in [-0.25, -0.2) is 8.51 Å². The number of aromatic nitrogens is 1. The van der Waals surface area contributed by atoms with Gasteiger partial charge in [0, 0.05) is 37.2 Å². The summed E-state index contributed by atoms with van der Waals surface area (Å²) in [5.41, 5.74) is 3.51. The molecule has 0 aliphatic carbocycles. The zero-order valence-electron chi connectivity index (χ0n) is 15.1. The van der Waals surface area contributed by atoms with Gasteiger partial charge in [-0.1, -0.05) is 6.08 Å². The van der Waals surface area contributed by atoms with Gasteiger partial charge in [-0.2, -0.15) is 0 Å². The second-order valence-electron chi connectivity index (χ2n) is 7.58. The average molecular weight is 362 g/mol. The van der Waals surface area contributed by atoms with E-state index >= 15 is 0 Å². The first-order valence-corrected chi connectivity index (χ1v) is 10.7. The first-order valence-electron chi connectivity index (χ1n) is 9.22. The average Bonchev–Trinajstić information content (AvgIpc) is 2.99. The molecular formula is C19H27N3O2S. The third-order valence-electron chi connectivity index (χ3n) is 5.90. The van der Waals surface area contributed by atoms with E-state index in [1.165, 1.54) is 24.0 Å². The van der Waals surface area contributed by atoms with Crippen molar-refractivity contribution in [2.24, 2.45) is 5.92 Å². The summed E-state index contributed by atoms with van der Waals surface area (Å²) in [7, 11) is -0.893. The van der Waals surface area contributed by atoms with Gasteiger partial charge in [0.1, 0.15) is 11.4 Å². The van der Waals surface area contributed by atoms with Crippen LogP contribution in [0.4, 0.5) is 0 Å². The summed E-state index contributed by atoms with van der Waals surface area (Å²) in [5, 5.41) is 3.44. The molecule has 4 heterocycles. The summed E-state index contributed by atoms with van der Waals surface area (Å²) in [6, 6.07) is 2.21. The highest BCUT2D eigenvalue weighted by atomic mass is 32.2. The Labute approximate surface area is 152 Å². The Morgan fingerprint density at radius 1 is 1.40 bits per heavy atom. The molecule has 1 aromatic heterocycles. The minimum Gasteiger partial charge on any atom is -0.485 e. The first-order chi connectivity index (χ1) is 12.0. The normalized spacial score (nSPS) is 29.0. The van der Waals surface area contributed by atoms with E-state index in [1.807, 2.05) is 10.5 Å². The zero-order chi connectivity index (χ0) is 17.4. The molecule has 4 rings (SSSR count). The lowest BCUT2D eigenvalue weighted by Gasteiger charge is -2.36. The Morgan fingerprint density at radius 2 is 2.20 bits per heavy atom. The van der Waals surface area contributed by atoms with Crippen molar-refractivity contribution in [3.63, 3.8) is 0 Å². The van der Waals surface area contributed by atoms with Crippen LogP contribution < -0.4 is 10.1 Å². The Morgan fingerprint density at radius 3 is 2.88 bits per heavy atom. The fourth-order valence-electron chi connectivity index (χ4n) is 4.33. The van der Waals surface area contributed by atoms with Crippen LogP contribution in [-0.4, -0.2) is 51.5 Å². The van der Waals surface area contributed by atoms with Crippen LogP contribution in [0.5, 0.6) is 5.75 Å². The molecule has 136 valence electrons. The maximum Gasteiger partial charge on any atom is 0.141 e. The van der Waals surface area contributed by atoms with Crippen molar-refractivity contribution in [1.29, 1.82) is 0 Å². The van der Waals surface area contributed by atoms with Crippen molar-refractivity contribution in [1.82, 2.24) is 14.6 Å². The number of hydrogen-bond donors (Lipinski definition) is 1. The van der Waals surface area contributed by atoms with Gasteiger partial charge >= 0.3 is 0 Å². The second kappa shape index (κ2) is 6.82. The summed E-state index contributed by atoms with van der Waals surface area (Å²) in [5.74, 6) is 1.56. The fourth-order valence-corrected chi connectivity index (χ4v) is 4.97. The van der Waals surface area contributed by atoms with E-state index in [2.05, 4.69) is 29.4 Å². The molecule has 1 N–H and O–H groups in total. The minimum absolute atomic E-state index is 0.0956. The van der Waals surface area contributed by atoms with Crippen LogP contribution in [0.2, 0.25) is 0 Å². The van der Waals surface area contributed by atoms with Gasteiger partial charge in [0.25, 0.3) is 0 Å². The van der Waals surface area contributed by atoms with Crippen molar-refractivity contribution < 1.29 is 8.95 Å². The van der Waals surface area contributed by atoms with E-state index in [1.54, 1.807) is 6.26 Å². The maximum atomic E-state index is 11.6. The molecule has 1 saturated heterocycles. The molecule has 25 heavy (non-hydrogen) atoms. The molecule has 3 aliphatic heterocycles. The third-order valence-corrected chi connectivity index (χ3v) is 6.96. The number of ether oxygens (including phenoxy) is 1. The van der Waals surface area contributed by atoms with Crippen LogP contribution >= 0.6 is 0 Å². The zero-order valence-corrected chi connectivity index (χ0v) is 15.9. The van der Waals surface area contributed by atoms with Gasteiger partial charge in [-0.15, -0.1) is 0 Å². The summed E-state index contributed by atoms with van der Waals surface area (Å²) < 4.78 is 19.9. The largest absolute Gasteiger partial charge is 0.485 e. The quantitative estimate of drug-likeness (QED) is 0.896. The molecule has 0 aromatic carbocycles. The Balaban J connectivity index is 1.51. The molecular weight excluding hydrogens is 334 g/mol. The second-order valence-corrected chi connectivity index (χ2v) is 8.95. The lowest BCUT2D eigenvalue weighted by Crippen LogP contribution is -2.44. The van der Waals surface area contributed by atoms with E-state index in [0.29, 0.717) is 5.92 Å². The van der Waals surface area contributed by atoms with Crippen LogP contribution in [0.15, 0.2) is 18.3 Å². The van der Waals surface area contributed by atoms with E-state index in [9.17, 15) is 4.21 Å². The summed E-state index contributed by atoms with van der Waals surface area (Å²) >= 11 is 0. The highest BCUT2D eigenvalue weighted by Crippen LogP contribution is 2.42. The molecule has 0 saturated carbocycles. The van der Waals surface area contributed by atoms with Crippen molar-refractivity contribution in [2.75, 3.05) is 32.4 Å². The fraction of sp³-hybridized carbons (Fsp3) is 0.632. The summed E-state index contributed by atoms with van der Waals surface area (Å²) in [4.78, 5) is 4.65. The van der Waals surface area contributed by atoms with E-state index in [0.717, 1.165) is 50.5 Å². The molecule has 2 atom stereocenters. The predicted octanol–water partition coefficient (Wildman–Crippen LogP) is 2.16. The lowest BCUT2D eigenvalue weighted by molar-refractivity contribution is 0.0317. The number of hydrogen-bond acceptors (Lipinski definition) is 4. The van der Waals surface area contributed by atoms with E-state index in [4.69, 9.17) is 4.74 Å². The Hall–Kier alpha value is -1.24. The summed E-state index contributed by atoms with van der Waals surface area (Å²) in [6.45, 7) is 6.01. The minimum atomic E-state index is -0.893. The van der Waals surface area contributed by atoms with Crippen molar-refractivity contribution in [3.8, 4) is 5.75 Å². The van der Waals surface area contributed by atoms with Crippen molar-refractivity contribution in [2.45, 2.75) is 38.2 Å². The molecule has 5 nitrogen and oxygen atoms in total. The van der Waals surface area contributed by atoms with Crippen LogP contribution in [0.1, 0.15) is 37.4 Å². The number of rotatable bonds is 3. The molecule has 0 amide bonds. The van der Waals surface area contributed by atoms with Crippen molar-refractivity contribution in [3.05, 3.63) is 29.6 Å². The van der Waals surface area contributed by atoms with Crippen LogP contribution in [0.25, 0.3) is 5.57 Å². The van der Waals surface area contributed by atoms with Crippen LogP contribution in [0, 0.1) is 5.92 Å². The van der Waals surface area contributed by atoms with Crippen LogP contribution in [0.3, 0.4) is 0 Å². The number of piperidine rings is 1. The third kappa shape index (κ3) is 3.39. The van der Waals surface area contributed by atoms with E-state index in [-0.39, 0.29) is 5.60 Å². The standard InChI is InChI=1S/C19H27N3O2S/c1-19(16-3-7-20-8-4-16)12-15-11-17(21-13-18(15)24-19)14-5-9-22(10-6-14)25(2)23/h5,11,13,16,20H,3-4,6-10,12H2,1-2H3/t19-,25?/m0/s1. The smallest absolute Gasteiger partial charge is 0.141 e.